The smallest absolute Gasteiger partial charge is 0.409 e. The summed E-state index contributed by atoms with van der Waals surface area (Å²) in [6.07, 6.45) is 12.7. The molecule has 2 amide bonds. The molecule has 1 saturated carbocycles. The number of ether oxygens (including phenoxy) is 1. The largest absolute Gasteiger partial charge is 0.465 e. The van der Waals surface area contributed by atoms with E-state index in [-0.39, 0.29) is 18.1 Å². The fourth-order valence-electron chi connectivity index (χ4n) is 5.70. The van der Waals surface area contributed by atoms with Gasteiger partial charge in [-0.1, -0.05) is 58.1 Å². The molecule has 7 nitrogen and oxygen atoms in total. The maximum Gasteiger partial charge on any atom is 0.409 e. The van der Waals surface area contributed by atoms with Gasteiger partial charge in [0.15, 0.2) is 0 Å². The second-order valence-corrected chi connectivity index (χ2v) is 11.0. The molecule has 7 heteroatoms. The van der Waals surface area contributed by atoms with E-state index in [4.69, 9.17) is 4.74 Å². The van der Waals surface area contributed by atoms with Gasteiger partial charge >= 0.3 is 6.09 Å². The SMILES string of the molecule is CC(C)C(CC=CC(=O)NCc1ccccn1)C[C@@H]1OC(C)(C)N(C(=O)O)[C@H]1CC1CCCCC1. The van der Waals surface area contributed by atoms with Gasteiger partial charge in [-0.05, 0) is 69.1 Å². The minimum Gasteiger partial charge on any atom is -0.465 e. The summed E-state index contributed by atoms with van der Waals surface area (Å²) >= 11 is 0. The van der Waals surface area contributed by atoms with Crippen molar-refractivity contribution in [2.45, 2.75) is 103 Å². The normalized spacial score (nSPS) is 23.6. The Hall–Kier alpha value is -2.41. The van der Waals surface area contributed by atoms with E-state index in [1.165, 1.54) is 32.1 Å². The van der Waals surface area contributed by atoms with Gasteiger partial charge in [-0.25, -0.2) is 4.79 Å². The minimum atomic E-state index is -0.899. The number of carboxylic acid groups (broad SMARTS) is 1. The Labute approximate surface area is 210 Å². The van der Waals surface area contributed by atoms with E-state index in [2.05, 4.69) is 24.1 Å². The van der Waals surface area contributed by atoms with Crippen LogP contribution in [0.15, 0.2) is 36.5 Å². The number of hydrogen-bond donors (Lipinski definition) is 2. The summed E-state index contributed by atoms with van der Waals surface area (Å²) in [6.45, 7) is 8.50. The average Bonchev–Trinajstić information content (AvgIpc) is 3.07. The highest BCUT2D eigenvalue weighted by molar-refractivity contribution is 5.87. The lowest BCUT2D eigenvalue weighted by Crippen LogP contribution is -2.48. The number of aromatic nitrogens is 1. The first-order chi connectivity index (χ1) is 16.7. The second kappa shape index (κ2) is 12.5. The van der Waals surface area contributed by atoms with Gasteiger partial charge in [-0.2, -0.15) is 0 Å². The van der Waals surface area contributed by atoms with E-state index in [9.17, 15) is 14.7 Å². The number of carbonyl (C=O) groups is 2. The maximum absolute atomic E-state index is 12.3. The van der Waals surface area contributed by atoms with Crippen LogP contribution in [0, 0.1) is 17.8 Å². The number of carbonyl (C=O) groups excluding carboxylic acids is 1. The predicted octanol–water partition coefficient (Wildman–Crippen LogP) is 5.76. The summed E-state index contributed by atoms with van der Waals surface area (Å²) < 4.78 is 6.41. The van der Waals surface area contributed by atoms with Gasteiger partial charge in [0, 0.05) is 6.20 Å². The van der Waals surface area contributed by atoms with Crippen molar-refractivity contribution in [2.75, 3.05) is 0 Å². The molecule has 1 aliphatic carbocycles. The molecule has 1 unspecified atom stereocenters. The molecule has 0 spiro atoms. The molecule has 3 rings (SSSR count). The molecular formula is C28H43N3O4. The Morgan fingerprint density at radius 3 is 2.63 bits per heavy atom. The molecule has 1 aromatic rings. The van der Waals surface area contributed by atoms with Gasteiger partial charge in [-0.15, -0.1) is 0 Å². The number of nitrogens with one attached hydrogen (secondary N) is 1. The van der Waals surface area contributed by atoms with Crippen molar-refractivity contribution < 1.29 is 19.4 Å². The standard InChI is InChI=1S/C28H43N3O4/c1-20(2)22(13-10-15-26(32)30-19-23-14-8-9-16-29-23)18-25-24(17-21-11-6-5-7-12-21)31(27(33)34)28(3,4)35-25/h8-10,14-16,20-22,24-25H,5-7,11-13,17-19H2,1-4H3,(H,30,32)(H,33,34)/t22?,24-,25-/m0/s1. The maximum atomic E-state index is 12.3. The molecule has 2 aliphatic rings. The van der Waals surface area contributed by atoms with Crippen LogP contribution >= 0.6 is 0 Å². The molecular weight excluding hydrogens is 442 g/mol. The highest BCUT2D eigenvalue weighted by Crippen LogP contribution is 2.41. The van der Waals surface area contributed by atoms with Crippen molar-refractivity contribution in [2.24, 2.45) is 17.8 Å². The fourth-order valence-corrected chi connectivity index (χ4v) is 5.70. The van der Waals surface area contributed by atoms with Crippen LogP contribution in [0.25, 0.3) is 0 Å². The van der Waals surface area contributed by atoms with Crippen LogP contribution in [0.4, 0.5) is 4.79 Å². The van der Waals surface area contributed by atoms with Gasteiger partial charge in [0.1, 0.15) is 5.72 Å². The van der Waals surface area contributed by atoms with Crippen LogP contribution in [-0.2, 0) is 16.1 Å². The minimum absolute atomic E-state index is 0.127. The summed E-state index contributed by atoms with van der Waals surface area (Å²) in [5, 5.41) is 12.9. The van der Waals surface area contributed by atoms with E-state index >= 15 is 0 Å². The van der Waals surface area contributed by atoms with Crippen LogP contribution < -0.4 is 5.32 Å². The second-order valence-electron chi connectivity index (χ2n) is 11.0. The fraction of sp³-hybridized carbons (Fsp3) is 0.679. The lowest BCUT2D eigenvalue weighted by atomic mass is 9.80. The molecule has 1 saturated heterocycles. The van der Waals surface area contributed by atoms with Crippen molar-refractivity contribution >= 4 is 12.0 Å². The summed E-state index contributed by atoms with van der Waals surface area (Å²) in [5.74, 6) is 1.11. The van der Waals surface area contributed by atoms with Crippen LogP contribution in [0.2, 0.25) is 0 Å². The topological polar surface area (TPSA) is 91.8 Å². The molecule has 0 radical (unpaired) electrons. The monoisotopic (exact) mass is 485 g/mol. The molecule has 0 aromatic carbocycles. The first kappa shape index (κ1) is 27.2. The Morgan fingerprint density at radius 1 is 1.26 bits per heavy atom. The Morgan fingerprint density at radius 2 is 2.00 bits per heavy atom. The predicted molar refractivity (Wildman–Crippen MR) is 137 cm³/mol. The molecule has 3 atom stereocenters. The van der Waals surface area contributed by atoms with Crippen LogP contribution in [0.5, 0.6) is 0 Å². The molecule has 2 fully saturated rings. The summed E-state index contributed by atoms with van der Waals surface area (Å²) in [6, 6.07) is 5.50. The van der Waals surface area contributed by atoms with Crippen LogP contribution in [0.1, 0.15) is 84.8 Å². The van der Waals surface area contributed by atoms with Crippen molar-refractivity contribution in [3.63, 3.8) is 0 Å². The molecule has 2 heterocycles. The molecule has 194 valence electrons. The van der Waals surface area contributed by atoms with E-state index in [0.717, 1.165) is 25.0 Å². The van der Waals surface area contributed by atoms with Gasteiger partial charge in [-0.3, -0.25) is 14.7 Å². The first-order valence-corrected chi connectivity index (χ1v) is 13.2. The zero-order valence-corrected chi connectivity index (χ0v) is 21.8. The van der Waals surface area contributed by atoms with Crippen molar-refractivity contribution in [3.05, 3.63) is 42.2 Å². The summed E-state index contributed by atoms with van der Waals surface area (Å²) in [5.41, 5.74) is -0.0132. The molecule has 1 aliphatic heterocycles. The number of amides is 2. The average molecular weight is 486 g/mol. The van der Waals surface area contributed by atoms with Gasteiger partial charge < -0.3 is 15.2 Å². The van der Waals surface area contributed by atoms with Crippen LogP contribution in [-0.4, -0.2) is 44.9 Å². The highest BCUT2D eigenvalue weighted by atomic mass is 16.6. The zero-order chi connectivity index (χ0) is 25.4. The van der Waals surface area contributed by atoms with Crippen molar-refractivity contribution in [1.82, 2.24) is 15.2 Å². The molecule has 2 N–H and O–H groups in total. The number of hydrogen-bond acceptors (Lipinski definition) is 4. The number of pyridine rings is 1. The molecule has 1 aromatic heterocycles. The Bertz CT molecular complexity index is 849. The first-order valence-electron chi connectivity index (χ1n) is 13.2. The van der Waals surface area contributed by atoms with Crippen molar-refractivity contribution in [1.29, 1.82) is 0 Å². The Kier molecular flexibility index (Phi) is 9.72. The van der Waals surface area contributed by atoms with Gasteiger partial charge in [0.25, 0.3) is 0 Å². The van der Waals surface area contributed by atoms with Gasteiger partial charge in [0.05, 0.1) is 24.4 Å². The van der Waals surface area contributed by atoms with E-state index in [1.54, 1.807) is 17.2 Å². The number of nitrogens with zero attached hydrogens (tertiary/aromatic N) is 2. The third-order valence-electron chi connectivity index (χ3n) is 7.64. The zero-order valence-electron chi connectivity index (χ0n) is 21.8. The Balaban J connectivity index is 1.62. The third kappa shape index (κ3) is 7.79. The van der Waals surface area contributed by atoms with E-state index in [0.29, 0.717) is 24.3 Å². The van der Waals surface area contributed by atoms with E-state index < -0.39 is 11.8 Å². The van der Waals surface area contributed by atoms with Gasteiger partial charge in [0.2, 0.25) is 5.91 Å². The number of rotatable bonds is 10. The van der Waals surface area contributed by atoms with Crippen molar-refractivity contribution in [3.8, 4) is 0 Å². The highest BCUT2D eigenvalue weighted by Gasteiger charge is 2.50. The van der Waals surface area contributed by atoms with E-state index in [1.807, 2.05) is 38.1 Å². The lowest BCUT2D eigenvalue weighted by Gasteiger charge is -2.34. The van der Waals surface area contributed by atoms with Crippen LogP contribution in [0.3, 0.4) is 0 Å². The summed E-state index contributed by atoms with van der Waals surface area (Å²) in [7, 11) is 0. The quantitative estimate of drug-likeness (QED) is 0.411. The summed E-state index contributed by atoms with van der Waals surface area (Å²) in [4.78, 5) is 30.3. The molecule has 35 heavy (non-hydrogen) atoms. The lowest BCUT2D eigenvalue weighted by molar-refractivity contribution is -0.116. The number of allylic oxidation sites excluding steroid dienone is 1. The molecule has 0 bridgehead atoms. The third-order valence-corrected chi connectivity index (χ3v) is 7.64.